The van der Waals surface area contributed by atoms with Gasteiger partial charge in [-0.3, -0.25) is 4.90 Å². The molecule has 2 saturated heterocycles. The Morgan fingerprint density at radius 1 is 1.09 bits per heavy atom. The van der Waals surface area contributed by atoms with Gasteiger partial charge in [0.1, 0.15) is 17.1 Å². The zero-order valence-corrected chi connectivity index (χ0v) is 19.2. The molecule has 0 radical (unpaired) electrons. The number of hydrogen-bond donors (Lipinski definition) is 2. The summed E-state index contributed by atoms with van der Waals surface area (Å²) in [5.74, 6) is 1.56. The van der Waals surface area contributed by atoms with Crippen LogP contribution < -0.4 is 10.1 Å². The van der Waals surface area contributed by atoms with E-state index in [1.807, 2.05) is 59.6 Å². The van der Waals surface area contributed by atoms with E-state index in [-0.39, 0.29) is 12.1 Å². The number of H-pyrrole nitrogens is 1. The van der Waals surface area contributed by atoms with Crippen LogP contribution in [0.25, 0.3) is 11.0 Å². The summed E-state index contributed by atoms with van der Waals surface area (Å²) in [6.45, 7) is 2.44. The van der Waals surface area contributed by atoms with Gasteiger partial charge in [-0.2, -0.15) is 0 Å². The smallest absolute Gasteiger partial charge is 0.322 e. The summed E-state index contributed by atoms with van der Waals surface area (Å²) >= 11 is 5.96. The molecule has 172 valence electrons. The lowest BCUT2D eigenvalue weighted by Gasteiger charge is -2.34. The van der Waals surface area contributed by atoms with Gasteiger partial charge in [-0.15, -0.1) is 0 Å². The largest absolute Gasteiger partial charge is 0.457 e. The van der Waals surface area contributed by atoms with Gasteiger partial charge in [-0.1, -0.05) is 23.7 Å². The van der Waals surface area contributed by atoms with E-state index in [1.54, 1.807) is 6.20 Å². The van der Waals surface area contributed by atoms with Crippen LogP contribution in [-0.2, 0) is 6.54 Å². The second-order valence-corrected chi connectivity index (χ2v) is 9.33. The number of nitrogens with zero attached hydrogens (tertiary/aromatic N) is 3. The summed E-state index contributed by atoms with van der Waals surface area (Å²) in [6.07, 6.45) is 4.54. The third-order valence-electron chi connectivity index (χ3n) is 6.60. The minimum atomic E-state index is -0.0535. The normalized spacial score (nSPS) is 19.6. The number of piperazine rings is 1. The summed E-state index contributed by atoms with van der Waals surface area (Å²) in [5, 5.41) is 4.68. The first kappa shape index (κ1) is 21.0. The molecule has 4 aromatic rings. The Morgan fingerprint density at radius 3 is 2.79 bits per heavy atom. The Morgan fingerprint density at radius 2 is 1.97 bits per heavy atom. The number of hydrogen-bond acceptors (Lipinski definition) is 4. The number of ether oxygens (including phenoxy) is 1. The molecule has 0 spiro atoms. The molecule has 2 bridgehead atoms. The summed E-state index contributed by atoms with van der Waals surface area (Å²) in [5.41, 5.74) is 2.73. The second-order valence-electron chi connectivity index (χ2n) is 8.90. The highest BCUT2D eigenvalue weighted by Gasteiger charge is 2.45. The predicted molar refractivity (Wildman–Crippen MR) is 132 cm³/mol. The molecule has 2 amide bonds. The summed E-state index contributed by atoms with van der Waals surface area (Å²) < 4.78 is 5.98. The van der Waals surface area contributed by atoms with Gasteiger partial charge in [0.15, 0.2) is 0 Å². The van der Waals surface area contributed by atoms with Gasteiger partial charge < -0.3 is 19.9 Å². The average Bonchev–Trinajstić information content (AvgIpc) is 3.56. The molecule has 2 aromatic heterocycles. The summed E-state index contributed by atoms with van der Waals surface area (Å²) in [6, 6.07) is 20.0. The van der Waals surface area contributed by atoms with Crippen LogP contribution >= 0.6 is 11.6 Å². The number of halogens is 1. The molecule has 8 heteroatoms. The van der Waals surface area contributed by atoms with Gasteiger partial charge in [0.2, 0.25) is 0 Å². The third-order valence-corrected chi connectivity index (χ3v) is 6.85. The Hall–Kier alpha value is -3.55. The molecule has 4 heterocycles. The monoisotopic (exact) mass is 473 g/mol. The van der Waals surface area contributed by atoms with Gasteiger partial charge in [-0.25, -0.2) is 9.78 Å². The number of benzene rings is 2. The topological polar surface area (TPSA) is 73.5 Å². The van der Waals surface area contributed by atoms with Crippen LogP contribution in [0.3, 0.4) is 0 Å². The number of anilines is 1. The molecule has 2 aliphatic rings. The van der Waals surface area contributed by atoms with Gasteiger partial charge >= 0.3 is 6.03 Å². The second kappa shape index (κ2) is 8.66. The number of aromatic nitrogens is 2. The number of rotatable bonds is 5. The van der Waals surface area contributed by atoms with Crippen LogP contribution in [0.5, 0.6) is 11.5 Å². The van der Waals surface area contributed by atoms with Crippen LogP contribution in [0, 0.1) is 0 Å². The lowest BCUT2D eigenvalue weighted by atomic mass is 10.2. The van der Waals surface area contributed by atoms with Crippen LogP contribution in [0.1, 0.15) is 12.0 Å². The average molecular weight is 474 g/mol. The number of fused-ring (bicyclic) bond motifs is 3. The number of nitrogens with one attached hydrogen (secondary N) is 2. The fraction of sp³-hybridized carbons (Fsp3) is 0.231. The highest BCUT2D eigenvalue weighted by atomic mass is 35.5. The summed E-state index contributed by atoms with van der Waals surface area (Å²) in [4.78, 5) is 24.8. The van der Waals surface area contributed by atoms with Crippen LogP contribution in [0.2, 0.25) is 5.02 Å². The SMILES string of the molecule is O=C(Nc1cnc2[nH]ccc2c1)N1CC2CC1CN2Cc1cccc(Oc2ccc(Cl)cc2)c1. The third kappa shape index (κ3) is 4.20. The van der Waals surface area contributed by atoms with Crippen LogP contribution in [0.4, 0.5) is 10.5 Å². The fourth-order valence-corrected chi connectivity index (χ4v) is 5.10. The van der Waals surface area contributed by atoms with Crippen molar-refractivity contribution in [2.45, 2.75) is 25.0 Å². The molecule has 2 aromatic carbocycles. The lowest BCUT2D eigenvalue weighted by molar-refractivity contribution is 0.139. The Balaban J connectivity index is 1.07. The molecule has 7 nitrogen and oxygen atoms in total. The molecule has 2 aliphatic heterocycles. The van der Waals surface area contributed by atoms with Gasteiger partial charge in [0.25, 0.3) is 0 Å². The highest BCUT2D eigenvalue weighted by molar-refractivity contribution is 6.30. The van der Waals surface area contributed by atoms with E-state index < -0.39 is 0 Å². The predicted octanol–water partition coefficient (Wildman–Crippen LogP) is 5.50. The standard InChI is InChI=1S/C26H24ClN5O2/c27-19-4-6-23(7-5-19)34-24-3-1-2-17(10-24)14-31-15-22-12-21(31)16-32(22)26(33)30-20-11-18-8-9-28-25(18)29-13-20/h1-11,13,21-22H,12,14-16H2,(H,28,29)(H,30,33). The molecular formula is C26H24ClN5O2. The molecular weight excluding hydrogens is 450 g/mol. The number of amides is 2. The zero-order valence-electron chi connectivity index (χ0n) is 18.4. The maximum atomic E-state index is 12.9. The molecule has 2 atom stereocenters. The van der Waals surface area contributed by atoms with E-state index in [2.05, 4.69) is 32.3 Å². The number of likely N-dealkylation sites (tertiary alicyclic amines) is 2. The van der Waals surface area contributed by atoms with Gasteiger partial charge in [0.05, 0.1) is 11.9 Å². The van der Waals surface area contributed by atoms with Crippen molar-refractivity contribution in [2.75, 3.05) is 18.4 Å². The van der Waals surface area contributed by atoms with E-state index in [9.17, 15) is 4.79 Å². The van der Waals surface area contributed by atoms with Crippen molar-refractivity contribution in [2.24, 2.45) is 0 Å². The van der Waals surface area contributed by atoms with Crippen molar-refractivity contribution >= 4 is 34.4 Å². The van der Waals surface area contributed by atoms with Crippen molar-refractivity contribution < 1.29 is 9.53 Å². The van der Waals surface area contributed by atoms with Gasteiger partial charge in [0, 0.05) is 48.3 Å². The summed E-state index contributed by atoms with van der Waals surface area (Å²) in [7, 11) is 0. The lowest BCUT2D eigenvalue weighted by Crippen LogP contribution is -2.49. The number of urea groups is 1. The molecule has 2 fully saturated rings. The highest BCUT2D eigenvalue weighted by Crippen LogP contribution is 2.33. The number of carbonyl (C=O) groups excluding carboxylic acids is 1. The minimum Gasteiger partial charge on any atom is -0.457 e. The van der Waals surface area contributed by atoms with Crippen LogP contribution in [-0.4, -0.2) is 51.0 Å². The molecule has 34 heavy (non-hydrogen) atoms. The van der Waals surface area contributed by atoms with Crippen molar-refractivity contribution in [3.8, 4) is 11.5 Å². The Labute approximate surface area is 202 Å². The van der Waals surface area contributed by atoms with E-state index >= 15 is 0 Å². The maximum absolute atomic E-state index is 12.9. The molecule has 2 unspecified atom stereocenters. The molecule has 0 saturated carbocycles. The Bertz CT molecular complexity index is 1340. The van der Waals surface area contributed by atoms with Crippen molar-refractivity contribution in [1.82, 2.24) is 19.8 Å². The van der Waals surface area contributed by atoms with E-state index in [0.29, 0.717) is 16.8 Å². The fourth-order valence-electron chi connectivity index (χ4n) is 4.98. The van der Waals surface area contributed by atoms with Crippen molar-refractivity contribution in [1.29, 1.82) is 0 Å². The van der Waals surface area contributed by atoms with E-state index in [4.69, 9.17) is 16.3 Å². The maximum Gasteiger partial charge on any atom is 0.322 e. The number of aromatic amines is 1. The first-order chi connectivity index (χ1) is 16.6. The molecule has 0 aliphatic carbocycles. The Kier molecular flexibility index (Phi) is 5.36. The molecule has 2 N–H and O–H groups in total. The van der Waals surface area contributed by atoms with E-state index in [1.165, 1.54) is 5.56 Å². The van der Waals surface area contributed by atoms with Crippen LogP contribution in [0.15, 0.2) is 73.1 Å². The van der Waals surface area contributed by atoms with Gasteiger partial charge in [-0.05, 0) is 60.5 Å². The van der Waals surface area contributed by atoms with Crippen molar-refractivity contribution in [3.05, 3.63) is 83.6 Å². The van der Waals surface area contributed by atoms with Crippen molar-refractivity contribution in [3.63, 3.8) is 0 Å². The first-order valence-electron chi connectivity index (χ1n) is 11.4. The molecule has 6 rings (SSSR count). The minimum absolute atomic E-state index is 0.0535. The van der Waals surface area contributed by atoms with E-state index in [0.717, 1.165) is 48.6 Å². The number of pyridine rings is 1. The first-order valence-corrected chi connectivity index (χ1v) is 11.8. The number of carbonyl (C=O) groups is 1. The zero-order chi connectivity index (χ0) is 23.1. The quantitative estimate of drug-likeness (QED) is 0.401.